The van der Waals surface area contributed by atoms with Gasteiger partial charge in [0.25, 0.3) is 0 Å². The van der Waals surface area contributed by atoms with Crippen molar-refractivity contribution in [3.8, 4) is 0 Å². The van der Waals surface area contributed by atoms with Gasteiger partial charge in [-0.05, 0) is 42.3 Å². The summed E-state index contributed by atoms with van der Waals surface area (Å²) in [6.45, 7) is 1.63. The van der Waals surface area contributed by atoms with Gasteiger partial charge in [0.05, 0.1) is 34.6 Å². The number of methoxy groups -OCH3 is 1. The van der Waals surface area contributed by atoms with Crippen molar-refractivity contribution in [1.82, 2.24) is 19.1 Å². The molecule has 33 heavy (non-hydrogen) atoms. The third kappa shape index (κ3) is 4.96. The normalized spacial score (nSPS) is 11.8. The smallest absolute Gasteiger partial charge is 0.335 e. The van der Waals surface area contributed by atoms with Crippen LogP contribution in [0.3, 0.4) is 0 Å². The van der Waals surface area contributed by atoms with Crippen molar-refractivity contribution in [2.75, 3.05) is 7.11 Å². The number of carbonyl (C=O) groups is 1. The Morgan fingerprint density at radius 1 is 1.18 bits per heavy atom. The van der Waals surface area contributed by atoms with Crippen LogP contribution in [0.4, 0.5) is 5.69 Å². The molecule has 2 aromatic carbocycles. The Morgan fingerprint density at radius 3 is 2.64 bits per heavy atom. The third-order valence-corrected chi connectivity index (χ3v) is 6.32. The SMILES string of the molecule is CCc1nc2ccc(/N=c3\[nH]c(=O)n(CC(=O)OC)c(=O)n3Cc3ccc(Cl)cc3)cc2s1. The molecule has 170 valence electrons. The van der Waals surface area contributed by atoms with Crippen molar-refractivity contribution in [3.63, 3.8) is 0 Å². The van der Waals surface area contributed by atoms with Crippen molar-refractivity contribution in [2.24, 2.45) is 4.99 Å². The molecule has 0 fully saturated rings. The molecule has 0 saturated carbocycles. The lowest BCUT2D eigenvalue weighted by Gasteiger charge is -2.10. The van der Waals surface area contributed by atoms with Gasteiger partial charge in [-0.25, -0.2) is 24.1 Å². The molecular formula is C22H20ClN5O4S. The van der Waals surface area contributed by atoms with E-state index in [0.29, 0.717) is 10.7 Å². The summed E-state index contributed by atoms with van der Waals surface area (Å²) in [5.41, 5.74) is 0.792. The van der Waals surface area contributed by atoms with Gasteiger partial charge in [-0.2, -0.15) is 0 Å². The number of carbonyl (C=O) groups excluding carboxylic acids is 1. The van der Waals surface area contributed by atoms with E-state index in [4.69, 9.17) is 11.6 Å². The maximum Gasteiger partial charge on any atom is 0.335 e. The van der Waals surface area contributed by atoms with Crippen molar-refractivity contribution >= 4 is 44.8 Å². The molecule has 0 aliphatic carbocycles. The maximum absolute atomic E-state index is 13.2. The van der Waals surface area contributed by atoms with Crippen LogP contribution in [0.25, 0.3) is 10.2 Å². The van der Waals surface area contributed by atoms with E-state index in [-0.39, 0.29) is 12.2 Å². The molecule has 11 heteroatoms. The number of fused-ring (bicyclic) bond motifs is 1. The number of aromatic amines is 1. The Kier molecular flexibility index (Phi) is 6.57. The second-order valence-electron chi connectivity index (χ2n) is 7.14. The number of aromatic nitrogens is 4. The average Bonchev–Trinajstić information content (AvgIpc) is 3.23. The first-order valence-electron chi connectivity index (χ1n) is 10.1. The minimum atomic E-state index is -0.761. The number of nitrogens with zero attached hydrogens (tertiary/aromatic N) is 4. The predicted octanol–water partition coefficient (Wildman–Crippen LogP) is 2.62. The molecular weight excluding hydrogens is 466 g/mol. The third-order valence-electron chi connectivity index (χ3n) is 4.90. The summed E-state index contributed by atoms with van der Waals surface area (Å²) in [5, 5.41) is 1.57. The Hall–Kier alpha value is -3.50. The summed E-state index contributed by atoms with van der Waals surface area (Å²) in [5.74, 6) is -0.715. The van der Waals surface area contributed by atoms with Gasteiger partial charge in [-0.3, -0.25) is 14.3 Å². The van der Waals surface area contributed by atoms with E-state index in [1.54, 1.807) is 41.7 Å². The minimum absolute atomic E-state index is 0.0562. The summed E-state index contributed by atoms with van der Waals surface area (Å²) in [7, 11) is 1.19. The molecule has 0 saturated heterocycles. The number of aryl methyl sites for hydroxylation is 1. The van der Waals surface area contributed by atoms with Gasteiger partial charge < -0.3 is 4.74 Å². The Bertz CT molecular complexity index is 1520. The first kappa shape index (κ1) is 22.7. The van der Waals surface area contributed by atoms with E-state index >= 15 is 0 Å². The summed E-state index contributed by atoms with van der Waals surface area (Å²) in [6.07, 6.45) is 0.832. The molecule has 0 aliphatic rings. The van der Waals surface area contributed by atoms with Gasteiger partial charge in [0.1, 0.15) is 6.54 Å². The Morgan fingerprint density at radius 2 is 1.94 bits per heavy atom. The molecule has 0 spiro atoms. The number of hydrogen-bond acceptors (Lipinski definition) is 7. The average molecular weight is 486 g/mol. The summed E-state index contributed by atoms with van der Waals surface area (Å²) >= 11 is 7.54. The molecule has 0 unspecified atom stereocenters. The van der Waals surface area contributed by atoms with Crippen molar-refractivity contribution in [2.45, 2.75) is 26.4 Å². The largest absolute Gasteiger partial charge is 0.468 e. The number of benzene rings is 2. The standard InChI is InChI=1S/C22H20ClN5O4S/c1-3-18-25-16-9-8-15(10-17(16)33-18)24-20-26-21(30)28(12-19(29)32-2)22(31)27(20)11-13-4-6-14(23)7-5-13/h4-10H,3,11-12H2,1-2H3,(H,24,26,30). The lowest BCUT2D eigenvalue weighted by molar-refractivity contribution is -0.141. The number of rotatable bonds is 6. The van der Waals surface area contributed by atoms with Crippen molar-refractivity contribution in [3.05, 3.63) is 84.6 Å². The second kappa shape index (κ2) is 9.55. The quantitative estimate of drug-likeness (QED) is 0.422. The fraction of sp³-hybridized carbons (Fsp3) is 0.227. The van der Waals surface area contributed by atoms with Crippen LogP contribution in [-0.4, -0.2) is 32.2 Å². The molecule has 0 atom stereocenters. The summed E-state index contributed by atoms with van der Waals surface area (Å²) in [4.78, 5) is 49.2. The van der Waals surface area contributed by atoms with Crippen molar-refractivity contribution < 1.29 is 9.53 Å². The van der Waals surface area contributed by atoms with Gasteiger partial charge >= 0.3 is 17.3 Å². The van der Waals surface area contributed by atoms with Gasteiger partial charge in [-0.1, -0.05) is 30.7 Å². The highest BCUT2D eigenvalue weighted by Gasteiger charge is 2.13. The van der Waals surface area contributed by atoms with E-state index in [0.717, 1.165) is 31.8 Å². The minimum Gasteiger partial charge on any atom is -0.468 e. The van der Waals surface area contributed by atoms with Gasteiger partial charge in [0.2, 0.25) is 5.62 Å². The summed E-state index contributed by atoms with van der Waals surface area (Å²) < 4.78 is 7.64. The number of esters is 1. The number of halogens is 1. The summed E-state index contributed by atoms with van der Waals surface area (Å²) in [6, 6.07) is 12.4. The first-order chi connectivity index (χ1) is 15.9. The van der Waals surface area contributed by atoms with Crippen LogP contribution in [0, 0.1) is 0 Å². The van der Waals surface area contributed by atoms with E-state index in [2.05, 4.69) is 19.7 Å². The highest BCUT2D eigenvalue weighted by molar-refractivity contribution is 7.18. The first-order valence-corrected chi connectivity index (χ1v) is 11.3. The van der Waals surface area contributed by atoms with Crippen LogP contribution in [0.15, 0.2) is 57.0 Å². The molecule has 1 N–H and O–H groups in total. The second-order valence-corrected chi connectivity index (χ2v) is 8.69. The van der Waals surface area contributed by atoms with E-state index in [1.807, 2.05) is 19.1 Å². The van der Waals surface area contributed by atoms with Crippen LogP contribution < -0.4 is 17.0 Å². The number of ether oxygens (including phenoxy) is 1. The van der Waals surface area contributed by atoms with Crippen LogP contribution in [-0.2, 0) is 29.0 Å². The zero-order chi connectivity index (χ0) is 23.5. The zero-order valence-corrected chi connectivity index (χ0v) is 19.4. The fourth-order valence-electron chi connectivity index (χ4n) is 3.19. The van der Waals surface area contributed by atoms with Gasteiger partial charge in [-0.15, -0.1) is 11.3 Å². The van der Waals surface area contributed by atoms with E-state index in [1.165, 1.54) is 11.7 Å². The monoisotopic (exact) mass is 485 g/mol. The Balaban J connectivity index is 1.88. The molecule has 0 bridgehead atoms. The van der Waals surface area contributed by atoms with E-state index < -0.39 is 23.9 Å². The molecule has 4 aromatic rings. The molecule has 2 heterocycles. The lowest BCUT2D eigenvalue weighted by atomic mass is 10.2. The lowest BCUT2D eigenvalue weighted by Crippen LogP contribution is -2.51. The Labute approximate surface area is 196 Å². The molecule has 4 rings (SSSR count). The van der Waals surface area contributed by atoms with Crippen LogP contribution in [0.1, 0.15) is 17.5 Å². The van der Waals surface area contributed by atoms with Crippen molar-refractivity contribution in [1.29, 1.82) is 0 Å². The fourth-order valence-corrected chi connectivity index (χ4v) is 4.26. The van der Waals surface area contributed by atoms with Gasteiger partial charge in [0.15, 0.2) is 0 Å². The number of hydrogen-bond donors (Lipinski definition) is 1. The topological polar surface area (TPSA) is 111 Å². The van der Waals surface area contributed by atoms with Gasteiger partial charge in [0, 0.05) is 5.02 Å². The number of nitrogens with one attached hydrogen (secondary N) is 1. The van der Waals surface area contributed by atoms with E-state index in [9.17, 15) is 14.4 Å². The highest BCUT2D eigenvalue weighted by Crippen LogP contribution is 2.26. The molecule has 0 radical (unpaired) electrons. The molecule has 0 aliphatic heterocycles. The predicted molar refractivity (Wildman–Crippen MR) is 126 cm³/mol. The number of thiazole rings is 1. The highest BCUT2D eigenvalue weighted by atomic mass is 35.5. The maximum atomic E-state index is 13.2. The van der Waals surface area contributed by atoms with Crippen LogP contribution in [0.5, 0.6) is 0 Å². The zero-order valence-electron chi connectivity index (χ0n) is 17.9. The number of H-pyrrole nitrogens is 1. The molecule has 2 aromatic heterocycles. The van der Waals surface area contributed by atoms with Crippen LogP contribution in [0.2, 0.25) is 5.02 Å². The molecule has 0 amide bonds. The molecule has 9 nitrogen and oxygen atoms in total. The van der Waals surface area contributed by atoms with Crippen LogP contribution >= 0.6 is 22.9 Å².